The lowest BCUT2D eigenvalue weighted by Crippen LogP contribution is -2.19. The van der Waals surface area contributed by atoms with Crippen LogP contribution in [0.25, 0.3) is 6.08 Å². The molecule has 3 aromatic carbocycles. The molecule has 0 radical (unpaired) electrons. The fraction of sp³-hybridized carbons (Fsp3) is 0.120. The third-order valence-electron chi connectivity index (χ3n) is 4.82. The maximum absolute atomic E-state index is 12.4. The molecule has 0 atom stereocenters. The van der Waals surface area contributed by atoms with Gasteiger partial charge < -0.3 is 14.8 Å². The molecule has 1 aliphatic heterocycles. The van der Waals surface area contributed by atoms with Crippen LogP contribution in [0.5, 0.6) is 11.5 Å². The van der Waals surface area contributed by atoms with Crippen molar-refractivity contribution in [3.05, 3.63) is 97.9 Å². The van der Waals surface area contributed by atoms with Gasteiger partial charge in [-0.15, -0.1) is 0 Å². The van der Waals surface area contributed by atoms with Crippen LogP contribution in [-0.2, 0) is 11.4 Å². The maximum atomic E-state index is 12.4. The number of nitro groups is 1. The average Bonchev–Trinajstić information content (AvgIpc) is 3.18. The Balaban J connectivity index is 1.48. The van der Waals surface area contributed by atoms with E-state index in [4.69, 9.17) is 21.1 Å². The quantitative estimate of drug-likeness (QED) is 0.223. The molecule has 1 aliphatic rings. The van der Waals surface area contributed by atoms with Gasteiger partial charge in [-0.2, -0.15) is 0 Å². The predicted octanol–water partition coefficient (Wildman–Crippen LogP) is 6.12. The summed E-state index contributed by atoms with van der Waals surface area (Å²) >= 11 is 7.15. The fourth-order valence-electron chi connectivity index (χ4n) is 3.14. The van der Waals surface area contributed by atoms with Gasteiger partial charge in [0.25, 0.3) is 11.6 Å². The molecular weight excluding hydrogens is 490 g/mol. The van der Waals surface area contributed by atoms with Gasteiger partial charge in [0.1, 0.15) is 6.61 Å². The van der Waals surface area contributed by atoms with Crippen molar-refractivity contribution in [1.29, 1.82) is 0 Å². The first kappa shape index (κ1) is 24.3. The summed E-state index contributed by atoms with van der Waals surface area (Å²) in [5, 5.41) is 14.7. The number of halogens is 1. The lowest BCUT2D eigenvalue weighted by molar-refractivity contribution is -0.384. The highest BCUT2D eigenvalue weighted by Gasteiger charge is 2.24. The molecule has 1 fully saturated rings. The SMILES string of the molecule is CCOc1cc(/C=C2\SC(=Nc3ccc(Cl)cc3)NC2=O)ccc1OCc1ccc([N+](=O)[O-])cc1. The first-order valence-corrected chi connectivity index (χ1v) is 11.8. The second kappa shape index (κ2) is 11.1. The topological polar surface area (TPSA) is 103 Å². The van der Waals surface area contributed by atoms with Crippen molar-refractivity contribution in [2.45, 2.75) is 13.5 Å². The summed E-state index contributed by atoms with van der Waals surface area (Å²) in [5.41, 5.74) is 2.26. The Morgan fingerprint density at radius 3 is 2.49 bits per heavy atom. The number of amidine groups is 1. The van der Waals surface area contributed by atoms with Crippen molar-refractivity contribution in [1.82, 2.24) is 5.32 Å². The number of hydrogen-bond acceptors (Lipinski definition) is 7. The van der Waals surface area contributed by atoms with Gasteiger partial charge in [0.05, 0.1) is 22.1 Å². The molecule has 1 saturated heterocycles. The molecule has 8 nitrogen and oxygen atoms in total. The molecule has 35 heavy (non-hydrogen) atoms. The Bertz CT molecular complexity index is 1310. The van der Waals surface area contributed by atoms with E-state index in [1.807, 2.05) is 13.0 Å². The molecular formula is C25H20ClN3O5S. The monoisotopic (exact) mass is 509 g/mol. The van der Waals surface area contributed by atoms with Crippen molar-refractivity contribution >= 4 is 51.9 Å². The van der Waals surface area contributed by atoms with Crippen LogP contribution in [0.3, 0.4) is 0 Å². The van der Waals surface area contributed by atoms with Gasteiger partial charge in [-0.1, -0.05) is 17.7 Å². The number of non-ortho nitro benzene ring substituents is 1. The number of aliphatic imine (C=N–C) groups is 1. The van der Waals surface area contributed by atoms with Gasteiger partial charge in [0.2, 0.25) is 0 Å². The van der Waals surface area contributed by atoms with Crippen LogP contribution < -0.4 is 14.8 Å². The van der Waals surface area contributed by atoms with Crippen molar-refractivity contribution in [2.24, 2.45) is 4.99 Å². The molecule has 0 aliphatic carbocycles. The lowest BCUT2D eigenvalue weighted by Gasteiger charge is -2.13. The third kappa shape index (κ3) is 6.40. The fourth-order valence-corrected chi connectivity index (χ4v) is 4.11. The van der Waals surface area contributed by atoms with E-state index >= 15 is 0 Å². The second-order valence-electron chi connectivity index (χ2n) is 7.31. The van der Waals surface area contributed by atoms with E-state index in [0.29, 0.717) is 38.9 Å². The number of nitrogens with one attached hydrogen (secondary N) is 1. The zero-order chi connectivity index (χ0) is 24.8. The van der Waals surface area contributed by atoms with Gasteiger partial charge in [-0.05, 0) is 84.4 Å². The number of thioether (sulfide) groups is 1. The predicted molar refractivity (Wildman–Crippen MR) is 137 cm³/mol. The number of rotatable bonds is 8. The second-order valence-corrected chi connectivity index (χ2v) is 8.78. The molecule has 178 valence electrons. The minimum absolute atomic E-state index is 0.0244. The minimum atomic E-state index is -0.444. The molecule has 0 spiro atoms. The van der Waals surface area contributed by atoms with E-state index in [1.165, 1.54) is 23.9 Å². The van der Waals surface area contributed by atoms with Crippen molar-refractivity contribution < 1.29 is 19.2 Å². The molecule has 0 bridgehead atoms. The Kier molecular flexibility index (Phi) is 7.69. The Labute approximate surface area is 210 Å². The lowest BCUT2D eigenvalue weighted by atomic mass is 10.1. The summed E-state index contributed by atoms with van der Waals surface area (Å²) in [6, 6.07) is 18.6. The number of benzene rings is 3. The largest absolute Gasteiger partial charge is 0.490 e. The summed E-state index contributed by atoms with van der Waals surface area (Å²) < 4.78 is 11.6. The summed E-state index contributed by atoms with van der Waals surface area (Å²) in [7, 11) is 0. The standard InChI is InChI=1S/C25H20ClN3O5S/c1-2-33-22-13-17(5-12-21(22)34-15-16-3-10-20(11-4-16)29(31)32)14-23-24(30)28-25(35-23)27-19-8-6-18(26)7-9-19/h3-14H,2,15H2,1H3,(H,27,28,30)/b23-14-. The van der Waals surface area contributed by atoms with Gasteiger partial charge in [0, 0.05) is 17.2 Å². The van der Waals surface area contributed by atoms with Gasteiger partial charge >= 0.3 is 0 Å². The molecule has 10 heteroatoms. The smallest absolute Gasteiger partial charge is 0.269 e. The first-order chi connectivity index (χ1) is 16.9. The minimum Gasteiger partial charge on any atom is -0.490 e. The molecule has 1 heterocycles. The van der Waals surface area contributed by atoms with Crippen molar-refractivity contribution in [3.8, 4) is 11.5 Å². The first-order valence-electron chi connectivity index (χ1n) is 10.6. The summed E-state index contributed by atoms with van der Waals surface area (Å²) in [4.78, 5) is 27.7. The van der Waals surface area contributed by atoms with E-state index in [1.54, 1.807) is 54.6 Å². The molecule has 3 aromatic rings. The van der Waals surface area contributed by atoms with Crippen molar-refractivity contribution in [2.75, 3.05) is 6.61 Å². The number of nitro benzene ring substituents is 1. The van der Waals surface area contributed by atoms with E-state index in [9.17, 15) is 14.9 Å². The van der Waals surface area contributed by atoms with E-state index < -0.39 is 4.92 Å². The number of carbonyl (C=O) groups is 1. The summed E-state index contributed by atoms with van der Waals surface area (Å²) in [5.74, 6) is 0.822. The molecule has 0 unspecified atom stereocenters. The average molecular weight is 510 g/mol. The normalized spacial score (nSPS) is 15.3. The molecule has 4 rings (SSSR count). The number of hydrogen-bond donors (Lipinski definition) is 1. The third-order valence-corrected chi connectivity index (χ3v) is 5.98. The Morgan fingerprint density at radius 2 is 1.80 bits per heavy atom. The number of amides is 1. The van der Waals surface area contributed by atoms with Crippen LogP contribution in [0.4, 0.5) is 11.4 Å². The van der Waals surface area contributed by atoms with E-state index in [2.05, 4.69) is 10.3 Å². The van der Waals surface area contributed by atoms with Gasteiger partial charge in [-0.3, -0.25) is 14.9 Å². The molecule has 0 saturated carbocycles. The maximum Gasteiger partial charge on any atom is 0.269 e. The van der Waals surface area contributed by atoms with Crippen LogP contribution in [0.2, 0.25) is 5.02 Å². The van der Waals surface area contributed by atoms with E-state index in [0.717, 1.165) is 11.1 Å². The molecule has 1 amide bonds. The Morgan fingerprint density at radius 1 is 1.06 bits per heavy atom. The Hall–Kier alpha value is -3.82. The number of nitrogens with zero attached hydrogens (tertiary/aromatic N) is 2. The highest BCUT2D eigenvalue weighted by atomic mass is 35.5. The molecule has 1 N–H and O–H groups in total. The number of ether oxygens (including phenoxy) is 2. The van der Waals surface area contributed by atoms with Crippen LogP contribution in [0.1, 0.15) is 18.1 Å². The van der Waals surface area contributed by atoms with Crippen LogP contribution in [0.15, 0.2) is 76.6 Å². The van der Waals surface area contributed by atoms with Crippen LogP contribution in [-0.4, -0.2) is 22.6 Å². The zero-order valence-corrected chi connectivity index (χ0v) is 20.1. The van der Waals surface area contributed by atoms with Crippen molar-refractivity contribution in [3.63, 3.8) is 0 Å². The highest BCUT2D eigenvalue weighted by Crippen LogP contribution is 2.33. The zero-order valence-electron chi connectivity index (χ0n) is 18.6. The summed E-state index contributed by atoms with van der Waals surface area (Å²) in [6.07, 6.45) is 1.76. The van der Waals surface area contributed by atoms with Crippen LogP contribution in [0, 0.1) is 10.1 Å². The summed E-state index contributed by atoms with van der Waals surface area (Å²) in [6.45, 7) is 2.52. The van der Waals surface area contributed by atoms with Crippen LogP contribution >= 0.6 is 23.4 Å². The van der Waals surface area contributed by atoms with Gasteiger partial charge in [-0.25, -0.2) is 4.99 Å². The number of carbonyl (C=O) groups excluding carboxylic acids is 1. The highest BCUT2D eigenvalue weighted by molar-refractivity contribution is 8.18. The van der Waals surface area contributed by atoms with Gasteiger partial charge in [0.15, 0.2) is 16.7 Å². The molecule has 0 aromatic heterocycles. The van der Waals surface area contributed by atoms with E-state index in [-0.39, 0.29) is 18.2 Å².